The highest BCUT2D eigenvalue weighted by Gasteiger charge is 2.09. The van der Waals surface area contributed by atoms with Crippen molar-refractivity contribution in [3.05, 3.63) is 60.4 Å². The Hall–Kier alpha value is -1.81. The number of benzene rings is 1. The number of nitrogens with one attached hydrogen (secondary N) is 1. The zero-order chi connectivity index (χ0) is 13.5. The minimum Gasteiger partial charge on any atom is -0.349 e. The van der Waals surface area contributed by atoms with Gasteiger partial charge in [0.05, 0.1) is 11.8 Å². The van der Waals surface area contributed by atoms with Crippen LogP contribution in [0.25, 0.3) is 0 Å². The van der Waals surface area contributed by atoms with Crippen molar-refractivity contribution in [2.45, 2.75) is 17.9 Å². The summed E-state index contributed by atoms with van der Waals surface area (Å²) in [7, 11) is 0. The summed E-state index contributed by atoms with van der Waals surface area (Å²) in [5.41, 5.74) is 1.12. The van der Waals surface area contributed by atoms with Crippen LogP contribution in [0, 0.1) is 0 Å². The first-order valence-electron chi connectivity index (χ1n) is 6.13. The molecule has 0 bridgehead atoms. The van der Waals surface area contributed by atoms with E-state index >= 15 is 0 Å². The van der Waals surface area contributed by atoms with Gasteiger partial charge in [-0.1, -0.05) is 30.3 Å². The molecule has 0 aliphatic rings. The lowest BCUT2D eigenvalue weighted by molar-refractivity contribution is -0.119. The minimum absolute atomic E-state index is 0.0340. The number of rotatable bonds is 5. The number of aromatic nitrogens is 1. The van der Waals surface area contributed by atoms with Gasteiger partial charge in [-0.05, 0) is 24.6 Å². The summed E-state index contributed by atoms with van der Waals surface area (Å²) in [6.45, 7) is 1.99. The van der Waals surface area contributed by atoms with Gasteiger partial charge in [-0.25, -0.2) is 0 Å². The average Bonchev–Trinajstić information content (AvgIpc) is 2.47. The van der Waals surface area contributed by atoms with E-state index in [2.05, 4.69) is 10.3 Å². The first-order chi connectivity index (χ1) is 9.25. The van der Waals surface area contributed by atoms with Crippen molar-refractivity contribution in [2.24, 2.45) is 0 Å². The molecule has 4 heteroatoms. The quantitative estimate of drug-likeness (QED) is 0.851. The predicted octanol–water partition coefficient (Wildman–Crippen LogP) is 3.05. The Balaban J connectivity index is 1.82. The van der Waals surface area contributed by atoms with Crippen LogP contribution >= 0.6 is 11.8 Å². The van der Waals surface area contributed by atoms with Gasteiger partial charge in [0.15, 0.2) is 0 Å². The van der Waals surface area contributed by atoms with E-state index in [0.29, 0.717) is 5.75 Å². The Morgan fingerprint density at radius 1 is 1.21 bits per heavy atom. The van der Waals surface area contributed by atoms with Gasteiger partial charge >= 0.3 is 0 Å². The van der Waals surface area contributed by atoms with Crippen molar-refractivity contribution >= 4 is 17.7 Å². The number of thioether (sulfide) groups is 1. The van der Waals surface area contributed by atoms with Gasteiger partial charge < -0.3 is 5.32 Å². The van der Waals surface area contributed by atoms with Crippen LogP contribution in [0.2, 0.25) is 0 Å². The molecule has 19 heavy (non-hydrogen) atoms. The number of pyridine rings is 1. The molecular formula is C15H16N2OS. The minimum atomic E-state index is 0.0340. The number of carbonyl (C=O) groups excluding carboxylic acids is 1. The monoisotopic (exact) mass is 272 g/mol. The highest BCUT2D eigenvalue weighted by atomic mass is 32.2. The Morgan fingerprint density at radius 2 is 1.89 bits per heavy atom. The van der Waals surface area contributed by atoms with Gasteiger partial charge in [0, 0.05) is 17.3 Å². The van der Waals surface area contributed by atoms with Crippen molar-refractivity contribution in [1.29, 1.82) is 0 Å². The molecule has 98 valence electrons. The SMILES string of the molecule is CC(NC(=O)CSc1ccncc1)c1ccccc1. The third-order valence-corrected chi connectivity index (χ3v) is 3.71. The van der Waals surface area contributed by atoms with E-state index in [1.165, 1.54) is 11.8 Å². The maximum atomic E-state index is 11.9. The number of hydrogen-bond donors (Lipinski definition) is 1. The standard InChI is InChI=1S/C15H16N2OS/c1-12(13-5-3-2-4-6-13)17-15(18)11-19-14-7-9-16-10-8-14/h2-10,12H,11H2,1H3,(H,17,18). The van der Waals surface area contributed by atoms with Crippen LogP contribution in [-0.2, 0) is 4.79 Å². The maximum Gasteiger partial charge on any atom is 0.230 e. The molecule has 0 spiro atoms. The Morgan fingerprint density at radius 3 is 2.58 bits per heavy atom. The third-order valence-electron chi connectivity index (χ3n) is 2.70. The first-order valence-corrected chi connectivity index (χ1v) is 7.11. The number of nitrogens with zero attached hydrogens (tertiary/aromatic N) is 1. The maximum absolute atomic E-state index is 11.9. The van der Waals surface area contributed by atoms with Gasteiger partial charge in [-0.3, -0.25) is 9.78 Å². The zero-order valence-electron chi connectivity index (χ0n) is 10.7. The molecule has 3 nitrogen and oxygen atoms in total. The van der Waals surface area contributed by atoms with Crippen LogP contribution in [0.5, 0.6) is 0 Å². The summed E-state index contributed by atoms with van der Waals surface area (Å²) in [5, 5.41) is 2.99. The molecule has 1 aromatic carbocycles. The molecule has 1 aromatic heterocycles. The molecule has 2 aromatic rings. The number of amides is 1. The molecule has 1 unspecified atom stereocenters. The fourth-order valence-corrected chi connectivity index (χ4v) is 2.39. The summed E-state index contributed by atoms with van der Waals surface area (Å²) >= 11 is 1.51. The summed E-state index contributed by atoms with van der Waals surface area (Å²) in [5.74, 6) is 0.458. The Labute approximate surface area is 117 Å². The second-order valence-corrected chi connectivity index (χ2v) is 5.22. The van der Waals surface area contributed by atoms with Crippen molar-refractivity contribution < 1.29 is 4.79 Å². The Kier molecular flexibility index (Phi) is 4.98. The topological polar surface area (TPSA) is 42.0 Å². The molecule has 2 rings (SSSR count). The second-order valence-electron chi connectivity index (χ2n) is 4.17. The summed E-state index contributed by atoms with van der Waals surface area (Å²) in [4.78, 5) is 16.9. The van der Waals surface area contributed by atoms with E-state index in [4.69, 9.17) is 0 Å². The summed E-state index contributed by atoms with van der Waals surface area (Å²) < 4.78 is 0. The fraction of sp³-hybridized carbons (Fsp3) is 0.200. The molecular weight excluding hydrogens is 256 g/mol. The molecule has 0 radical (unpaired) electrons. The largest absolute Gasteiger partial charge is 0.349 e. The van der Waals surface area contributed by atoms with Crippen LogP contribution in [0.15, 0.2) is 59.8 Å². The van der Waals surface area contributed by atoms with Gasteiger partial charge in [0.2, 0.25) is 5.91 Å². The molecule has 0 aliphatic carbocycles. The van der Waals surface area contributed by atoms with E-state index in [-0.39, 0.29) is 11.9 Å². The molecule has 0 saturated carbocycles. The Bertz CT molecular complexity index is 516. The van der Waals surface area contributed by atoms with Crippen molar-refractivity contribution in [3.8, 4) is 0 Å². The van der Waals surface area contributed by atoms with E-state index in [1.807, 2.05) is 49.4 Å². The lowest BCUT2D eigenvalue weighted by Crippen LogP contribution is -2.28. The van der Waals surface area contributed by atoms with Crippen LogP contribution in [0.4, 0.5) is 0 Å². The molecule has 1 atom stereocenters. The van der Waals surface area contributed by atoms with E-state index in [1.54, 1.807) is 12.4 Å². The van der Waals surface area contributed by atoms with Gasteiger partial charge in [-0.2, -0.15) is 0 Å². The van der Waals surface area contributed by atoms with E-state index in [0.717, 1.165) is 10.5 Å². The number of carbonyl (C=O) groups is 1. The van der Waals surface area contributed by atoms with E-state index in [9.17, 15) is 4.79 Å². The van der Waals surface area contributed by atoms with Gasteiger partial charge in [0.1, 0.15) is 0 Å². The normalized spacial score (nSPS) is 11.8. The molecule has 1 amide bonds. The first kappa shape index (κ1) is 13.6. The highest BCUT2D eigenvalue weighted by molar-refractivity contribution is 8.00. The smallest absolute Gasteiger partial charge is 0.230 e. The third kappa shape index (κ3) is 4.41. The van der Waals surface area contributed by atoms with Crippen LogP contribution in [0.1, 0.15) is 18.5 Å². The van der Waals surface area contributed by atoms with Crippen molar-refractivity contribution in [2.75, 3.05) is 5.75 Å². The molecule has 0 fully saturated rings. The van der Waals surface area contributed by atoms with Crippen LogP contribution < -0.4 is 5.32 Å². The highest BCUT2D eigenvalue weighted by Crippen LogP contribution is 2.17. The van der Waals surface area contributed by atoms with Gasteiger partial charge in [0.25, 0.3) is 0 Å². The van der Waals surface area contributed by atoms with E-state index < -0.39 is 0 Å². The van der Waals surface area contributed by atoms with Crippen molar-refractivity contribution in [1.82, 2.24) is 10.3 Å². The van der Waals surface area contributed by atoms with Crippen LogP contribution in [-0.4, -0.2) is 16.6 Å². The second kappa shape index (κ2) is 6.95. The molecule has 1 heterocycles. The van der Waals surface area contributed by atoms with Gasteiger partial charge in [-0.15, -0.1) is 11.8 Å². The van der Waals surface area contributed by atoms with Crippen molar-refractivity contribution in [3.63, 3.8) is 0 Å². The number of hydrogen-bond acceptors (Lipinski definition) is 3. The molecule has 0 saturated heterocycles. The lowest BCUT2D eigenvalue weighted by Gasteiger charge is -2.14. The fourth-order valence-electron chi connectivity index (χ4n) is 1.69. The average molecular weight is 272 g/mol. The zero-order valence-corrected chi connectivity index (χ0v) is 11.6. The van der Waals surface area contributed by atoms with Crippen LogP contribution in [0.3, 0.4) is 0 Å². The summed E-state index contributed by atoms with van der Waals surface area (Å²) in [6, 6.07) is 13.8. The predicted molar refractivity (Wildman–Crippen MR) is 78.0 cm³/mol. The lowest BCUT2D eigenvalue weighted by atomic mass is 10.1. The molecule has 0 aliphatic heterocycles. The molecule has 1 N–H and O–H groups in total. The summed E-state index contributed by atoms with van der Waals surface area (Å²) in [6.07, 6.45) is 3.46.